The van der Waals surface area contributed by atoms with Crippen LogP contribution in [0.2, 0.25) is 0 Å². The van der Waals surface area contributed by atoms with Crippen LogP contribution in [0.3, 0.4) is 0 Å². The Morgan fingerprint density at radius 3 is 2.29 bits per heavy atom. The maximum absolute atomic E-state index is 12.6. The molecule has 3 rings (SSSR count). The Morgan fingerprint density at radius 2 is 1.71 bits per heavy atom. The molecule has 0 N–H and O–H groups in total. The standard InChI is InChI=1S/C17H27N5O2/c1-6-22-13(10-21-8-11(2)7-12(3)9-21)18-15-14(22)16(23)20(5)17(24)19(15)4/h11-12H,6-10H2,1-5H3/t11-,12-/m0/s1. The van der Waals surface area contributed by atoms with E-state index in [0.29, 0.717) is 36.1 Å². The molecule has 1 aliphatic heterocycles. The first kappa shape index (κ1) is 17.0. The normalized spacial score (nSPS) is 22.4. The summed E-state index contributed by atoms with van der Waals surface area (Å²) in [7, 11) is 3.19. The molecule has 3 heterocycles. The third-order valence-corrected chi connectivity index (χ3v) is 5.05. The molecule has 0 aliphatic carbocycles. The van der Waals surface area contributed by atoms with E-state index in [1.807, 2.05) is 11.5 Å². The fourth-order valence-electron chi connectivity index (χ4n) is 4.07. The van der Waals surface area contributed by atoms with Crippen molar-refractivity contribution in [2.45, 2.75) is 40.3 Å². The molecule has 0 amide bonds. The molecule has 0 bridgehead atoms. The van der Waals surface area contributed by atoms with E-state index in [-0.39, 0.29) is 11.2 Å². The number of hydrogen-bond donors (Lipinski definition) is 0. The van der Waals surface area contributed by atoms with Gasteiger partial charge in [0.05, 0.1) is 6.54 Å². The van der Waals surface area contributed by atoms with Crippen LogP contribution in [0, 0.1) is 11.8 Å². The SMILES string of the molecule is CCn1c(CN2C[C@@H](C)C[C@H](C)C2)nc2c1c(=O)n(C)c(=O)n2C. The third-order valence-electron chi connectivity index (χ3n) is 5.05. The number of fused-ring (bicyclic) bond motifs is 1. The summed E-state index contributed by atoms with van der Waals surface area (Å²) in [4.78, 5) is 31.8. The molecule has 0 radical (unpaired) electrons. The quantitative estimate of drug-likeness (QED) is 0.838. The van der Waals surface area contributed by atoms with Crippen LogP contribution in [-0.2, 0) is 27.2 Å². The lowest BCUT2D eigenvalue weighted by atomic mass is 9.92. The van der Waals surface area contributed by atoms with Crippen LogP contribution in [0.1, 0.15) is 33.0 Å². The molecule has 7 heteroatoms. The first-order valence-corrected chi connectivity index (χ1v) is 8.70. The fraction of sp³-hybridized carbons (Fsp3) is 0.706. The minimum Gasteiger partial charge on any atom is -0.321 e. The smallest absolute Gasteiger partial charge is 0.321 e. The summed E-state index contributed by atoms with van der Waals surface area (Å²) < 4.78 is 4.58. The second-order valence-electron chi connectivity index (χ2n) is 7.29. The highest BCUT2D eigenvalue weighted by Gasteiger charge is 2.25. The Morgan fingerprint density at radius 1 is 1.08 bits per heavy atom. The molecule has 7 nitrogen and oxygen atoms in total. The van der Waals surface area contributed by atoms with Crippen molar-refractivity contribution < 1.29 is 0 Å². The predicted octanol–water partition coefficient (Wildman–Crippen LogP) is 0.932. The van der Waals surface area contributed by atoms with Crippen LogP contribution in [0.15, 0.2) is 9.59 Å². The van der Waals surface area contributed by atoms with Crippen LogP contribution in [0.4, 0.5) is 0 Å². The first-order chi connectivity index (χ1) is 11.3. The third kappa shape index (κ3) is 2.70. The van der Waals surface area contributed by atoms with Gasteiger partial charge in [0, 0.05) is 33.7 Å². The molecule has 1 saturated heterocycles. The van der Waals surface area contributed by atoms with Gasteiger partial charge in [-0.3, -0.25) is 18.8 Å². The average Bonchev–Trinajstić information content (AvgIpc) is 2.88. The van der Waals surface area contributed by atoms with Gasteiger partial charge in [-0.1, -0.05) is 13.8 Å². The second kappa shape index (κ2) is 6.20. The molecular weight excluding hydrogens is 306 g/mol. The molecule has 1 aliphatic rings. The van der Waals surface area contributed by atoms with E-state index in [0.717, 1.165) is 23.5 Å². The minimum absolute atomic E-state index is 0.269. The number of hydrogen-bond acceptors (Lipinski definition) is 4. The number of imidazole rings is 1. The van der Waals surface area contributed by atoms with Gasteiger partial charge in [0.2, 0.25) is 0 Å². The fourth-order valence-corrected chi connectivity index (χ4v) is 4.07. The van der Waals surface area contributed by atoms with Crippen molar-refractivity contribution in [3.8, 4) is 0 Å². The Hall–Kier alpha value is -1.89. The zero-order chi connectivity index (χ0) is 17.6. The summed E-state index contributed by atoms with van der Waals surface area (Å²) in [6, 6.07) is 0. The Kier molecular flexibility index (Phi) is 4.38. The number of likely N-dealkylation sites (tertiary alicyclic amines) is 1. The van der Waals surface area contributed by atoms with E-state index in [1.165, 1.54) is 18.0 Å². The minimum atomic E-state index is -0.333. The highest BCUT2D eigenvalue weighted by Crippen LogP contribution is 2.23. The highest BCUT2D eigenvalue weighted by molar-refractivity contribution is 5.71. The topological polar surface area (TPSA) is 65.1 Å². The number of rotatable bonds is 3. The molecule has 132 valence electrons. The predicted molar refractivity (Wildman–Crippen MR) is 94.1 cm³/mol. The summed E-state index contributed by atoms with van der Waals surface area (Å²) in [5, 5.41) is 0. The van der Waals surface area contributed by atoms with Gasteiger partial charge >= 0.3 is 5.69 Å². The van der Waals surface area contributed by atoms with E-state index in [4.69, 9.17) is 0 Å². The van der Waals surface area contributed by atoms with Gasteiger partial charge < -0.3 is 4.57 Å². The maximum Gasteiger partial charge on any atom is 0.332 e. The van der Waals surface area contributed by atoms with E-state index in [1.54, 1.807) is 7.05 Å². The molecule has 0 aromatic carbocycles. The first-order valence-electron chi connectivity index (χ1n) is 8.70. The van der Waals surface area contributed by atoms with Gasteiger partial charge in [-0.25, -0.2) is 9.78 Å². The average molecular weight is 333 g/mol. The molecule has 0 spiro atoms. The number of piperidine rings is 1. The van der Waals surface area contributed by atoms with E-state index in [2.05, 4.69) is 23.7 Å². The molecule has 2 aromatic rings. The summed E-state index contributed by atoms with van der Waals surface area (Å²) in [5.74, 6) is 2.21. The van der Waals surface area contributed by atoms with Crippen molar-refractivity contribution in [2.24, 2.45) is 25.9 Å². The molecular formula is C17H27N5O2. The van der Waals surface area contributed by atoms with Gasteiger partial charge in [0.1, 0.15) is 5.82 Å². The summed E-state index contributed by atoms with van der Waals surface area (Å²) >= 11 is 0. The Labute approximate surface area is 141 Å². The van der Waals surface area contributed by atoms with Crippen LogP contribution in [-0.4, -0.2) is 36.7 Å². The zero-order valence-corrected chi connectivity index (χ0v) is 15.2. The van der Waals surface area contributed by atoms with Crippen LogP contribution < -0.4 is 11.2 Å². The van der Waals surface area contributed by atoms with Gasteiger partial charge in [-0.2, -0.15) is 0 Å². The van der Waals surface area contributed by atoms with Gasteiger partial charge in [-0.05, 0) is 25.2 Å². The Balaban J connectivity index is 2.09. The molecule has 2 aromatic heterocycles. The van der Waals surface area contributed by atoms with Crippen molar-refractivity contribution in [1.82, 2.24) is 23.6 Å². The van der Waals surface area contributed by atoms with Gasteiger partial charge in [0.25, 0.3) is 5.56 Å². The summed E-state index contributed by atoms with van der Waals surface area (Å²) in [6.07, 6.45) is 1.26. The number of aryl methyl sites for hydroxylation is 2. The van der Waals surface area contributed by atoms with Crippen LogP contribution >= 0.6 is 0 Å². The maximum atomic E-state index is 12.6. The van der Waals surface area contributed by atoms with Gasteiger partial charge in [-0.15, -0.1) is 0 Å². The van der Waals surface area contributed by atoms with Crippen molar-refractivity contribution in [2.75, 3.05) is 13.1 Å². The summed E-state index contributed by atoms with van der Waals surface area (Å²) in [6.45, 7) is 10.1. The second-order valence-corrected chi connectivity index (χ2v) is 7.29. The Bertz CT molecular complexity index is 866. The zero-order valence-electron chi connectivity index (χ0n) is 15.2. The van der Waals surface area contributed by atoms with Crippen molar-refractivity contribution in [3.05, 3.63) is 26.7 Å². The molecule has 0 unspecified atom stereocenters. The van der Waals surface area contributed by atoms with Crippen LogP contribution in [0.5, 0.6) is 0 Å². The lowest BCUT2D eigenvalue weighted by Gasteiger charge is -2.34. The number of aromatic nitrogens is 4. The van der Waals surface area contributed by atoms with Crippen LogP contribution in [0.25, 0.3) is 11.2 Å². The molecule has 24 heavy (non-hydrogen) atoms. The van der Waals surface area contributed by atoms with E-state index < -0.39 is 0 Å². The molecule has 1 fully saturated rings. The summed E-state index contributed by atoms with van der Waals surface area (Å²) in [5.41, 5.74) is 0.405. The monoisotopic (exact) mass is 333 g/mol. The van der Waals surface area contributed by atoms with Gasteiger partial charge in [0.15, 0.2) is 11.2 Å². The lowest BCUT2D eigenvalue weighted by molar-refractivity contribution is 0.130. The lowest BCUT2D eigenvalue weighted by Crippen LogP contribution is -2.39. The largest absolute Gasteiger partial charge is 0.332 e. The van der Waals surface area contributed by atoms with Crippen molar-refractivity contribution >= 4 is 11.2 Å². The van der Waals surface area contributed by atoms with Crippen molar-refractivity contribution in [3.63, 3.8) is 0 Å². The van der Waals surface area contributed by atoms with E-state index >= 15 is 0 Å². The van der Waals surface area contributed by atoms with Crippen molar-refractivity contribution in [1.29, 1.82) is 0 Å². The van der Waals surface area contributed by atoms with E-state index in [9.17, 15) is 9.59 Å². The molecule has 0 saturated carbocycles. The molecule has 2 atom stereocenters. The highest BCUT2D eigenvalue weighted by atomic mass is 16.2. The number of nitrogens with zero attached hydrogens (tertiary/aromatic N) is 5.